The number of rotatable bonds is 1. The average Bonchev–Trinajstić information content (AvgIpc) is 2.84. The predicted molar refractivity (Wildman–Crippen MR) is 131 cm³/mol. The monoisotopic (exact) mass is 420 g/mol. The second-order valence-corrected chi connectivity index (χ2v) is 10.2. The van der Waals surface area contributed by atoms with E-state index in [0.717, 1.165) is 17.9 Å². The van der Waals surface area contributed by atoms with Crippen molar-refractivity contribution in [1.29, 1.82) is 0 Å². The van der Waals surface area contributed by atoms with Crippen LogP contribution in [0.2, 0.25) is 0 Å². The third-order valence-corrected chi connectivity index (χ3v) is 8.35. The summed E-state index contributed by atoms with van der Waals surface area (Å²) in [6.45, 7) is 2.29. The van der Waals surface area contributed by atoms with Crippen molar-refractivity contribution in [3.05, 3.63) is 64.8 Å². The fourth-order valence-electron chi connectivity index (χ4n) is 6.79. The lowest BCUT2D eigenvalue weighted by atomic mass is 9.81. The lowest BCUT2D eigenvalue weighted by Crippen LogP contribution is -2.32. The van der Waals surface area contributed by atoms with E-state index in [4.69, 9.17) is 4.74 Å². The maximum atomic E-state index is 6.92. The topological polar surface area (TPSA) is 13.1 Å². The molecule has 0 spiro atoms. The van der Waals surface area contributed by atoms with Crippen LogP contribution in [0.5, 0.6) is 11.5 Å². The molecule has 0 atom stereocenters. The first-order valence-corrected chi connectivity index (χ1v) is 12.4. The first-order valence-electron chi connectivity index (χ1n) is 12.4. The van der Waals surface area contributed by atoms with Gasteiger partial charge >= 0.3 is 0 Å². The van der Waals surface area contributed by atoms with Gasteiger partial charge < -0.3 is 4.74 Å². The first kappa shape index (κ1) is 18.7. The third kappa shape index (κ3) is 2.50. The number of aromatic nitrogens is 1. The van der Waals surface area contributed by atoms with E-state index in [0.29, 0.717) is 5.92 Å². The number of aryl methyl sites for hydroxylation is 4. The summed E-state index contributed by atoms with van der Waals surface area (Å²) in [7, 11) is 2.19. The summed E-state index contributed by atoms with van der Waals surface area (Å²) >= 11 is 0. The fraction of sp³-hybridized carbons (Fsp3) is 0.367. The lowest BCUT2D eigenvalue weighted by Gasteiger charge is -2.29. The smallest absolute Gasteiger partial charge is 0.228 e. The van der Waals surface area contributed by atoms with E-state index in [1.807, 2.05) is 0 Å². The molecule has 0 amide bonds. The molecule has 0 radical (unpaired) electrons. The van der Waals surface area contributed by atoms with E-state index in [-0.39, 0.29) is 0 Å². The molecule has 7 rings (SSSR count). The third-order valence-electron chi connectivity index (χ3n) is 8.35. The Morgan fingerprint density at radius 3 is 2.69 bits per heavy atom. The van der Waals surface area contributed by atoms with Crippen molar-refractivity contribution in [2.75, 3.05) is 0 Å². The number of hydrogen-bond donors (Lipinski definition) is 0. The van der Waals surface area contributed by atoms with E-state index < -0.39 is 0 Å². The SMILES string of the molecule is Cc1c2c(c3c4c(cccc14)CCC3)Oc1cc(C3CCCCC3)cc3cc[n+](C)c-2c13. The Morgan fingerprint density at radius 1 is 0.938 bits per heavy atom. The van der Waals surface area contributed by atoms with Crippen LogP contribution in [0.15, 0.2) is 42.6 Å². The largest absolute Gasteiger partial charge is 0.455 e. The van der Waals surface area contributed by atoms with Gasteiger partial charge in [-0.25, -0.2) is 4.57 Å². The van der Waals surface area contributed by atoms with E-state index in [2.05, 4.69) is 61.1 Å². The van der Waals surface area contributed by atoms with Gasteiger partial charge in [0.2, 0.25) is 5.69 Å². The van der Waals surface area contributed by atoms with Crippen molar-refractivity contribution in [2.24, 2.45) is 7.05 Å². The Labute approximate surface area is 189 Å². The first-order chi connectivity index (χ1) is 15.7. The molecule has 1 aromatic heterocycles. The van der Waals surface area contributed by atoms with Crippen molar-refractivity contribution in [2.45, 2.75) is 64.2 Å². The molecule has 160 valence electrons. The van der Waals surface area contributed by atoms with Gasteiger partial charge in [0, 0.05) is 11.6 Å². The summed E-state index contributed by atoms with van der Waals surface area (Å²) in [6, 6.07) is 14.0. The quantitative estimate of drug-likeness (QED) is 0.257. The number of ether oxygens (including phenoxy) is 1. The van der Waals surface area contributed by atoms with Gasteiger partial charge in [-0.15, -0.1) is 0 Å². The molecule has 0 bridgehead atoms. The fourth-order valence-corrected chi connectivity index (χ4v) is 6.79. The Kier molecular flexibility index (Phi) is 3.98. The van der Waals surface area contributed by atoms with Crippen molar-refractivity contribution < 1.29 is 9.30 Å². The van der Waals surface area contributed by atoms with Crippen LogP contribution in [0.1, 0.15) is 66.7 Å². The molecular formula is C30H30NO+. The zero-order valence-corrected chi connectivity index (χ0v) is 19.1. The standard InChI is InChI=1S/C30H30NO/c1-18-23-12-6-10-20-11-7-13-24(27(20)23)30-26(18)29-28-21(14-15-31(29)2)16-22(17-25(28)32-30)19-8-4-3-5-9-19/h6,10,12,14-17,19H,3-5,7-9,11,13H2,1-2H3/q+1. The highest BCUT2D eigenvalue weighted by Crippen LogP contribution is 2.53. The maximum Gasteiger partial charge on any atom is 0.228 e. The molecule has 32 heavy (non-hydrogen) atoms. The van der Waals surface area contributed by atoms with Crippen molar-refractivity contribution in [3.63, 3.8) is 0 Å². The summed E-state index contributed by atoms with van der Waals surface area (Å²) in [5.41, 5.74) is 8.36. The number of fused-ring (bicyclic) bond motifs is 3. The van der Waals surface area contributed by atoms with Crippen LogP contribution in [-0.2, 0) is 19.9 Å². The molecule has 1 aliphatic heterocycles. The predicted octanol–water partition coefficient (Wildman–Crippen LogP) is 7.44. The molecule has 2 heterocycles. The minimum Gasteiger partial charge on any atom is -0.455 e. The lowest BCUT2D eigenvalue weighted by molar-refractivity contribution is -0.659. The van der Waals surface area contributed by atoms with Gasteiger partial charge in [-0.1, -0.05) is 43.5 Å². The Hall–Kier alpha value is -2.87. The molecule has 0 N–H and O–H groups in total. The van der Waals surface area contributed by atoms with Gasteiger partial charge in [-0.3, -0.25) is 0 Å². The van der Waals surface area contributed by atoms with E-state index in [1.54, 1.807) is 0 Å². The number of hydrogen-bond acceptors (Lipinski definition) is 1. The zero-order valence-electron chi connectivity index (χ0n) is 19.1. The molecule has 0 unspecified atom stereocenters. The van der Waals surface area contributed by atoms with Crippen LogP contribution in [0.3, 0.4) is 0 Å². The maximum absolute atomic E-state index is 6.92. The van der Waals surface area contributed by atoms with Gasteiger partial charge in [0.25, 0.3) is 0 Å². The van der Waals surface area contributed by atoms with Crippen LogP contribution in [0, 0.1) is 6.92 Å². The van der Waals surface area contributed by atoms with Gasteiger partial charge in [0.1, 0.15) is 18.5 Å². The Balaban J connectivity index is 1.56. The van der Waals surface area contributed by atoms with Crippen LogP contribution in [0.4, 0.5) is 0 Å². The Bertz CT molecular complexity index is 1420. The van der Waals surface area contributed by atoms with Gasteiger partial charge in [0.05, 0.1) is 10.9 Å². The van der Waals surface area contributed by atoms with Gasteiger partial charge in [-0.05, 0) is 83.9 Å². The summed E-state index contributed by atoms with van der Waals surface area (Å²) in [5, 5.41) is 5.46. The van der Waals surface area contributed by atoms with Gasteiger partial charge in [0.15, 0.2) is 6.20 Å². The average molecular weight is 421 g/mol. The summed E-state index contributed by atoms with van der Waals surface area (Å²) < 4.78 is 9.23. The van der Waals surface area contributed by atoms with E-state index >= 15 is 0 Å². The number of nitrogens with zero attached hydrogens (tertiary/aromatic N) is 1. The molecule has 1 fully saturated rings. The van der Waals surface area contributed by atoms with Crippen LogP contribution in [-0.4, -0.2) is 0 Å². The molecule has 3 aliphatic rings. The molecule has 2 aliphatic carbocycles. The molecule has 0 saturated heterocycles. The molecule has 2 heteroatoms. The highest BCUT2D eigenvalue weighted by molar-refractivity contribution is 6.07. The molecule has 3 aromatic carbocycles. The van der Waals surface area contributed by atoms with E-state index in [1.165, 1.54) is 100 Å². The van der Waals surface area contributed by atoms with Crippen LogP contribution >= 0.6 is 0 Å². The minimum absolute atomic E-state index is 0.676. The summed E-state index contributed by atoms with van der Waals surface area (Å²) in [6.07, 6.45) is 12.5. The van der Waals surface area contributed by atoms with Crippen molar-refractivity contribution in [1.82, 2.24) is 0 Å². The van der Waals surface area contributed by atoms with Crippen LogP contribution < -0.4 is 9.30 Å². The number of benzene rings is 3. The summed E-state index contributed by atoms with van der Waals surface area (Å²) in [4.78, 5) is 0. The highest BCUT2D eigenvalue weighted by Gasteiger charge is 2.34. The molecular weight excluding hydrogens is 390 g/mol. The highest BCUT2D eigenvalue weighted by atomic mass is 16.5. The van der Waals surface area contributed by atoms with Crippen molar-refractivity contribution >= 4 is 21.5 Å². The normalized spacial score (nSPS) is 17.4. The molecule has 2 nitrogen and oxygen atoms in total. The molecule has 1 saturated carbocycles. The minimum atomic E-state index is 0.676. The van der Waals surface area contributed by atoms with Gasteiger partial charge in [-0.2, -0.15) is 0 Å². The summed E-state index contributed by atoms with van der Waals surface area (Å²) in [5.74, 6) is 2.87. The van der Waals surface area contributed by atoms with Crippen LogP contribution in [0.25, 0.3) is 32.8 Å². The molecule has 4 aromatic rings. The number of pyridine rings is 1. The second-order valence-electron chi connectivity index (χ2n) is 10.2. The van der Waals surface area contributed by atoms with E-state index in [9.17, 15) is 0 Å². The second kappa shape index (κ2) is 6.81. The van der Waals surface area contributed by atoms with Crippen molar-refractivity contribution in [3.8, 4) is 22.8 Å². The Morgan fingerprint density at radius 2 is 1.81 bits per heavy atom. The zero-order chi connectivity index (χ0) is 21.4.